The molecule has 0 aliphatic carbocycles. The molecule has 0 fully saturated rings. The molecule has 1 nitrogen and oxygen atoms in total. The third-order valence-electron chi connectivity index (χ3n) is 3.07. The summed E-state index contributed by atoms with van der Waals surface area (Å²) in [7, 11) is -4.12. The second-order valence-corrected chi connectivity index (χ2v) is 13.7. The van der Waals surface area contributed by atoms with E-state index >= 15 is 0 Å². The highest BCUT2D eigenvalue weighted by Crippen LogP contribution is 2.13. The second-order valence-electron chi connectivity index (χ2n) is 6.35. The van der Waals surface area contributed by atoms with Crippen molar-refractivity contribution < 1.29 is 4.12 Å². The first kappa shape index (κ1) is 17.3. The van der Waals surface area contributed by atoms with Gasteiger partial charge in [-0.2, -0.15) is 0 Å². The van der Waals surface area contributed by atoms with Gasteiger partial charge in [0.15, 0.2) is 0 Å². The average Bonchev–Trinajstić information content (AvgIpc) is 2.52. The second kappa shape index (κ2) is 7.48. The van der Waals surface area contributed by atoms with Crippen molar-refractivity contribution in [2.75, 3.05) is 0 Å². The van der Waals surface area contributed by atoms with Crippen LogP contribution in [0.5, 0.6) is 0 Å². The summed E-state index contributed by atoms with van der Waals surface area (Å²) < 4.78 is 6.40. The first-order chi connectivity index (χ1) is 10.9. The third-order valence-corrected chi connectivity index (χ3v) is 8.61. The summed E-state index contributed by atoms with van der Waals surface area (Å²) in [4.78, 5) is 0. The molecular weight excluding hydrogens is 312 g/mol. The van der Waals surface area contributed by atoms with Crippen LogP contribution < -0.4 is 0 Å². The van der Waals surface area contributed by atoms with Gasteiger partial charge in [-0.15, -0.1) is 0 Å². The molecular formula is C20H22OSi2. The van der Waals surface area contributed by atoms with Gasteiger partial charge in [-0.1, -0.05) is 59.3 Å². The molecule has 0 spiro atoms. The molecule has 3 heteroatoms. The standard InChI is InChI=1S/C20H22OSi2/c1-22(2,17-15-19-11-7-5-8-12-19)21-23(3,4)18-16-20-13-9-6-10-14-20/h5-14H,1-4H3. The Balaban J connectivity index is 2.10. The highest BCUT2D eigenvalue weighted by Gasteiger charge is 2.31. The topological polar surface area (TPSA) is 9.23 Å². The summed E-state index contributed by atoms with van der Waals surface area (Å²) >= 11 is 0. The van der Waals surface area contributed by atoms with Gasteiger partial charge < -0.3 is 4.12 Å². The lowest BCUT2D eigenvalue weighted by atomic mass is 10.2. The molecule has 0 N–H and O–H groups in total. The molecule has 23 heavy (non-hydrogen) atoms. The molecule has 0 atom stereocenters. The van der Waals surface area contributed by atoms with Gasteiger partial charge in [0.25, 0.3) is 16.6 Å². The predicted octanol–water partition coefficient (Wildman–Crippen LogP) is 4.60. The van der Waals surface area contributed by atoms with Crippen molar-refractivity contribution in [3.63, 3.8) is 0 Å². The van der Waals surface area contributed by atoms with Crippen LogP contribution >= 0.6 is 0 Å². The van der Waals surface area contributed by atoms with Crippen molar-refractivity contribution >= 4 is 16.6 Å². The molecule has 0 saturated carbocycles. The molecule has 0 aromatic heterocycles. The van der Waals surface area contributed by atoms with Gasteiger partial charge in [-0.05, 0) is 50.5 Å². The van der Waals surface area contributed by atoms with Crippen LogP contribution in [-0.4, -0.2) is 16.6 Å². The number of hydrogen-bond acceptors (Lipinski definition) is 1. The summed E-state index contributed by atoms with van der Waals surface area (Å²) in [5.41, 5.74) is 8.79. The van der Waals surface area contributed by atoms with Gasteiger partial charge in [0, 0.05) is 11.1 Å². The SMILES string of the molecule is C[Si](C)(C#Cc1ccccc1)O[Si](C)(C)C#Cc1ccccc1. The first-order valence-electron chi connectivity index (χ1n) is 7.73. The fraction of sp³-hybridized carbons (Fsp3) is 0.200. The van der Waals surface area contributed by atoms with E-state index in [4.69, 9.17) is 4.12 Å². The quantitative estimate of drug-likeness (QED) is 0.576. The van der Waals surface area contributed by atoms with E-state index in [1.165, 1.54) is 0 Å². The van der Waals surface area contributed by atoms with E-state index in [1.807, 2.05) is 60.7 Å². The molecule has 0 radical (unpaired) electrons. The summed E-state index contributed by atoms with van der Waals surface area (Å²) in [5.74, 6) is 6.48. The number of rotatable bonds is 2. The lowest BCUT2D eigenvalue weighted by Gasteiger charge is -2.26. The third kappa shape index (κ3) is 6.30. The Labute approximate surface area is 142 Å². The fourth-order valence-corrected chi connectivity index (χ4v) is 8.58. The molecule has 0 amide bonds. The number of hydrogen-bond donors (Lipinski definition) is 0. The smallest absolute Gasteiger partial charge is 0.256 e. The zero-order chi connectivity index (χ0) is 16.8. The van der Waals surface area contributed by atoms with Crippen LogP contribution in [0, 0.1) is 22.9 Å². The fourth-order valence-electron chi connectivity index (χ4n) is 2.18. The Bertz CT molecular complexity index is 690. The van der Waals surface area contributed by atoms with Crippen LogP contribution in [0.4, 0.5) is 0 Å². The normalized spacial score (nSPS) is 11.0. The minimum atomic E-state index is -2.06. The Hall–Kier alpha value is -2.05. The molecule has 2 aromatic rings. The van der Waals surface area contributed by atoms with Crippen LogP contribution in [-0.2, 0) is 4.12 Å². The molecule has 2 aromatic carbocycles. The minimum absolute atomic E-state index is 1.03. The van der Waals surface area contributed by atoms with Gasteiger partial charge in [-0.3, -0.25) is 0 Å². The number of benzene rings is 2. The van der Waals surface area contributed by atoms with E-state index in [0.717, 1.165) is 11.1 Å². The van der Waals surface area contributed by atoms with Crippen molar-refractivity contribution in [2.45, 2.75) is 26.2 Å². The van der Waals surface area contributed by atoms with Crippen molar-refractivity contribution in [3.8, 4) is 22.9 Å². The van der Waals surface area contributed by atoms with Gasteiger partial charge in [0.2, 0.25) is 0 Å². The monoisotopic (exact) mass is 334 g/mol. The molecule has 116 valence electrons. The lowest BCUT2D eigenvalue weighted by molar-refractivity contribution is 0.576. The maximum atomic E-state index is 6.40. The molecule has 0 aliphatic heterocycles. The van der Waals surface area contributed by atoms with E-state index < -0.39 is 16.6 Å². The van der Waals surface area contributed by atoms with E-state index in [2.05, 4.69) is 49.1 Å². The zero-order valence-corrected chi connectivity index (χ0v) is 16.2. The average molecular weight is 335 g/mol. The highest BCUT2D eigenvalue weighted by molar-refractivity contribution is 6.92. The Morgan fingerprint density at radius 1 is 0.609 bits per heavy atom. The van der Waals surface area contributed by atoms with E-state index in [1.54, 1.807) is 0 Å². The molecule has 0 unspecified atom stereocenters. The van der Waals surface area contributed by atoms with Crippen LogP contribution in [0.3, 0.4) is 0 Å². The van der Waals surface area contributed by atoms with Crippen molar-refractivity contribution in [1.29, 1.82) is 0 Å². The summed E-state index contributed by atoms with van der Waals surface area (Å²) in [5, 5.41) is 0. The Kier molecular flexibility index (Phi) is 5.63. The maximum absolute atomic E-state index is 6.40. The Morgan fingerprint density at radius 2 is 0.957 bits per heavy atom. The van der Waals surface area contributed by atoms with Gasteiger partial charge in [0.1, 0.15) is 0 Å². The van der Waals surface area contributed by atoms with E-state index in [-0.39, 0.29) is 0 Å². The van der Waals surface area contributed by atoms with Gasteiger partial charge in [-0.25, -0.2) is 0 Å². The molecule has 0 aliphatic rings. The summed E-state index contributed by atoms with van der Waals surface area (Å²) in [6.07, 6.45) is 0. The van der Waals surface area contributed by atoms with Crippen LogP contribution in [0.25, 0.3) is 0 Å². The molecule has 0 heterocycles. The Morgan fingerprint density at radius 3 is 1.30 bits per heavy atom. The molecule has 0 bridgehead atoms. The summed E-state index contributed by atoms with van der Waals surface area (Å²) in [6.45, 7) is 8.56. The van der Waals surface area contributed by atoms with Crippen LogP contribution in [0.2, 0.25) is 26.2 Å². The molecule has 2 rings (SSSR count). The van der Waals surface area contributed by atoms with E-state index in [0.29, 0.717) is 0 Å². The molecule has 0 saturated heterocycles. The van der Waals surface area contributed by atoms with Gasteiger partial charge in [0.05, 0.1) is 0 Å². The largest absolute Gasteiger partial charge is 0.438 e. The minimum Gasteiger partial charge on any atom is -0.438 e. The first-order valence-corrected chi connectivity index (χ1v) is 13.5. The maximum Gasteiger partial charge on any atom is 0.256 e. The highest BCUT2D eigenvalue weighted by atomic mass is 28.4. The van der Waals surface area contributed by atoms with Crippen LogP contribution in [0.15, 0.2) is 60.7 Å². The van der Waals surface area contributed by atoms with Crippen LogP contribution in [0.1, 0.15) is 11.1 Å². The van der Waals surface area contributed by atoms with Crippen molar-refractivity contribution in [2.24, 2.45) is 0 Å². The van der Waals surface area contributed by atoms with E-state index in [9.17, 15) is 0 Å². The summed E-state index contributed by atoms with van der Waals surface area (Å²) in [6, 6.07) is 20.1. The van der Waals surface area contributed by atoms with Gasteiger partial charge >= 0.3 is 0 Å². The van der Waals surface area contributed by atoms with Crippen molar-refractivity contribution in [3.05, 3.63) is 71.8 Å². The van der Waals surface area contributed by atoms with Crippen molar-refractivity contribution in [1.82, 2.24) is 0 Å². The lowest BCUT2D eigenvalue weighted by Crippen LogP contribution is -2.43. The zero-order valence-electron chi connectivity index (χ0n) is 14.2. The predicted molar refractivity (Wildman–Crippen MR) is 103 cm³/mol.